The SMILES string of the molecule is CC/C(=C\c1ccccc1)C(=O)OCCN(CC)CC. The van der Waals surface area contributed by atoms with Gasteiger partial charge in [0.25, 0.3) is 0 Å². The number of benzene rings is 1. The van der Waals surface area contributed by atoms with Crippen molar-refractivity contribution in [1.29, 1.82) is 0 Å². The van der Waals surface area contributed by atoms with Crippen LogP contribution in [-0.2, 0) is 9.53 Å². The quantitative estimate of drug-likeness (QED) is 0.538. The number of hydrogen-bond acceptors (Lipinski definition) is 3. The molecule has 0 bridgehead atoms. The van der Waals surface area contributed by atoms with Crippen LogP contribution in [-0.4, -0.2) is 37.1 Å². The first-order valence-corrected chi connectivity index (χ1v) is 7.36. The van der Waals surface area contributed by atoms with E-state index in [-0.39, 0.29) is 5.97 Å². The highest BCUT2D eigenvalue weighted by Gasteiger charge is 2.09. The van der Waals surface area contributed by atoms with Gasteiger partial charge in [-0.2, -0.15) is 0 Å². The van der Waals surface area contributed by atoms with Gasteiger partial charge >= 0.3 is 5.97 Å². The molecule has 1 aromatic carbocycles. The Morgan fingerprint density at radius 2 is 1.80 bits per heavy atom. The van der Waals surface area contributed by atoms with E-state index in [0.717, 1.165) is 30.8 Å². The Balaban J connectivity index is 2.53. The molecule has 0 amide bonds. The summed E-state index contributed by atoms with van der Waals surface area (Å²) in [7, 11) is 0. The molecular formula is C17H25NO2. The van der Waals surface area contributed by atoms with E-state index in [1.54, 1.807) is 0 Å². The van der Waals surface area contributed by atoms with Gasteiger partial charge in [0.15, 0.2) is 0 Å². The fourth-order valence-corrected chi connectivity index (χ4v) is 1.96. The summed E-state index contributed by atoms with van der Waals surface area (Å²) in [5.41, 5.74) is 1.75. The lowest BCUT2D eigenvalue weighted by Crippen LogP contribution is -2.28. The van der Waals surface area contributed by atoms with Crippen LogP contribution in [0.1, 0.15) is 32.8 Å². The third-order valence-corrected chi connectivity index (χ3v) is 3.32. The average Bonchev–Trinajstić information content (AvgIpc) is 2.50. The maximum atomic E-state index is 12.0. The van der Waals surface area contributed by atoms with Crippen LogP contribution in [0.25, 0.3) is 6.08 Å². The van der Waals surface area contributed by atoms with Gasteiger partial charge in [-0.05, 0) is 31.1 Å². The first kappa shape index (κ1) is 16.4. The van der Waals surface area contributed by atoms with Crippen molar-refractivity contribution in [3.8, 4) is 0 Å². The van der Waals surface area contributed by atoms with Gasteiger partial charge in [0.2, 0.25) is 0 Å². The molecule has 0 heterocycles. The molecule has 0 spiro atoms. The number of rotatable bonds is 8. The molecule has 0 fully saturated rings. The number of carbonyl (C=O) groups excluding carboxylic acids is 1. The second-order valence-electron chi connectivity index (χ2n) is 4.60. The zero-order valence-electron chi connectivity index (χ0n) is 12.8. The Bertz CT molecular complexity index is 422. The van der Waals surface area contributed by atoms with E-state index in [4.69, 9.17) is 4.74 Å². The molecule has 110 valence electrons. The van der Waals surface area contributed by atoms with Gasteiger partial charge in [-0.3, -0.25) is 0 Å². The number of nitrogens with zero attached hydrogens (tertiary/aromatic N) is 1. The van der Waals surface area contributed by atoms with Crippen molar-refractivity contribution in [2.75, 3.05) is 26.2 Å². The number of esters is 1. The van der Waals surface area contributed by atoms with Crippen LogP contribution < -0.4 is 0 Å². The molecule has 0 radical (unpaired) electrons. The summed E-state index contributed by atoms with van der Waals surface area (Å²) in [4.78, 5) is 14.3. The Kier molecular flexibility index (Phi) is 7.66. The van der Waals surface area contributed by atoms with Crippen LogP contribution >= 0.6 is 0 Å². The average molecular weight is 275 g/mol. The minimum atomic E-state index is -0.205. The molecule has 3 nitrogen and oxygen atoms in total. The van der Waals surface area contributed by atoms with Gasteiger partial charge in [0.05, 0.1) is 0 Å². The standard InChI is InChI=1S/C17H25NO2/c1-4-16(14-15-10-8-7-9-11-15)17(19)20-13-12-18(5-2)6-3/h7-11,14H,4-6,12-13H2,1-3H3/b16-14+. The highest BCUT2D eigenvalue weighted by atomic mass is 16.5. The summed E-state index contributed by atoms with van der Waals surface area (Å²) < 4.78 is 5.35. The van der Waals surface area contributed by atoms with Crippen LogP contribution in [0.15, 0.2) is 35.9 Å². The Hall–Kier alpha value is -1.61. The molecular weight excluding hydrogens is 250 g/mol. The molecule has 0 atom stereocenters. The summed E-state index contributed by atoms with van der Waals surface area (Å²) in [6.07, 6.45) is 2.58. The minimum Gasteiger partial charge on any atom is -0.461 e. The molecule has 1 aromatic rings. The van der Waals surface area contributed by atoms with E-state index in [1.165, 1.54) is 0 Å². The van der Waals surface area contributed by atoms with Crippen molar-refractivity contribution in [2.45, 2.75) is 27.2 Å². The minimum absolute atomic E-state index is 0.205. The first-order chi connectivity index (χ1) is 9.71. The zero-order chi connectivity index (χ0) is 14.8. The topological polar surface area (TPSA) is 29.5 Å². The third kappa shape index (κ3) is 5.57. The smallest absolute Gasteiger partial charge is 0.334 e. The molecule has 1 rings (SSSR count). The molecule has 3 heteroatoms. The van der Waals surface area contributed by atoms with Crippen molar-refractivity contribution in [2.24, 2.45) is 0 Å². The van der Waals surface area contributed by atoms with Crippen LogP contribution in [0, 0.1) is 0 Å². The highest BCUT2D eigenvalue weighted by Crippen LogP contribution is 2.11. The van der Waals surface area contributed by atoms with Crippen LogP contribution in [0.5, 0.6) is 0 Å². The molecule has 0 saturated carbocycles. The molecule has 20 heavy (non-hydrogen) atoms. The fourth-order valence-electron chi connectivity index (χ4n) is 1.96. The summed E-state index contributed by atoms with van der Waals surface area (Å²) in [6, 6.07) is 9.86. The molecule has 0 aliphatic heterocycles. The van der Waals surface area contributed by atoms with Crippen molar-refractivity contribution >= 4 is 12.0 Å². The summed E-state index contributed by atoms with van der Waals surface area (Å²) in [5.74, 6) is -0.205. The van der Waals surface area contributed by atoms with Crippen LogP contribution in [0.2, 0.25) is 0 Å². The predicted molar refractivity (Wildman–Crippen MR) is 83.5 cm³/mol. The fraction of sp³-hybridized carbons (Fsp3) is 0.471. The van der Waals surface area contributed by atoms with E-state index < -0.39 is 0 Å². The molecule has 0 aliphatic carbocycles. The van der Waals surface area contributed by atoms with Gasteiger partial charge < -0.3 is 9.64 Å². The Morgan fingerprint density at radius 3 is 2.35 bits per heavy atom. The lowest BCUT2D eigenvalue weighted by atomic mass is 10.1. The van der Waals surface area contributed by atoms with E-state index >= 15 is 0 Å². The van der Waals surface area contributed by atoms with Crippen molar-refractivity contribution in [3.63, 3.8) is 0 Å². The second-order valence-corrected chi connectivity index (χ2v) is 4.60. The Morgan fingerprint density at radius 1 is 1.15 bits per heavy atom. The monoisotopic (exact) mass is 275 g/mol. The van der Waals surface area contributed by atoms with Crippen molar-refractivity contribution in [1.82, 2.24) is 4.90 Å². The molecule has 0 aliphatic rings. The number of hydrogen-bond donors (Lipinski definition) is 0. The molecule has 0 N–H and O–H groups in total. The van der Waals surface area contributed by atoms with E-state index in [2.05, 4.69) is 18.7 Å². The van der Waals surface area contributed by atoms with E-state index in [1.807, 2.05) is 43.3 Å². The number of likely N-dealkylation sites (N-methyl/N-ethyl adjacent to an activating group) is 1. The summed E-state index contributed by atoms with van der Waals surface area (Å²) >= 11 is 0. The normalized spacial score (nSPS) is 11.7. The first-order valence-electron chi connectivity index (χ1n) is 7.36. The van der Waals surface area contributed by atoms with Gasteiger partial charge in [-0.25, -0.2) is 4.79 Å². The highest BCUT2D eigenvalue weighted by molar-refractivity contribution is 5.93. The van der Waals surface area contributed by atoms with E-state index in [9.17, 15) is 4.79 Å². The lowest BCUT2D eigenvalue weighted by molar-refractivity contribution is -0.139. The number of carbonyl (C=O) groups is 1. The van der Waals surface area contributed by atoms with Crippen LogP contribution in [0.4, 0.5) is 0 Å². The van der Waals surface area contributed by atoms with E-state index in [0.29, 0.717) is 13.0 Å². The molecule has 0 aromatic heterocycles. The van der Waals surface area contributed by atoms with Crippen LogP contribution in [0.3, 0.4) is 0 Å². The summed E-state index contributed by atoms with van der Waals surface area (Å²) in [5, 5.41) is 0. The zero-order valence-corrected chi connectivity index (χ0v) is 12.8. The van der Waals surface area contributed by atoms with Gasteiger partial charge in [0, 0.05) is 12.1 Å². The maximum Gasteiger partial charge on any atom is 0.334 e. The van der Waals surface area contributed by atoms with Gasteiger partial charge in [0.1, 0.15) is 6.61 Å². The van der Waals surface area contributed by atoms with Crippen molar-refractivity contribution in [3.05, 3.63) is 41.5 Å². The maximum absolute atomic E-state index is 12.0. The largest absolute Gasteiger partial charge is 0.461 e. The van der Waals surface area contributed by atoms with Gasteiger partial charge in [-0.1, -0.05) is 51.1 Å². The molecule has 0 unspecified atom stereocenters. The Labute approximate surface area is 122 Å². The summed E-state index contributed by atoms with van der Waals surface area (Å²) in [6.45, 7) is 9.40. The lowest BCUT2D eigenvalue weighted by Gasteiger charge is -2.17. The van der Waals surface area contributed by atoms with Crippen molar-refractivity contribution < 1.29 is 9.53 Å². The predicted octanol–water partition coefficient (Wildman–Crippen LogP) is 3.37. The van der Waals surface area contributed by atoms with Gasteiger partial charge in [-0.15, -0.1) is 0 Å². The third-order valence-electron chi connectivity index (χ3n) is 3.32. The second kappa shape index (κ2) is 9.32. The molecule has 0 saturated heterocycles. The number of ether oxygens (including phenoxy) is 1.